The fourth-order valence-electron chi connectivity index (χ4n) is 3.24. The van der Waals surface area contributed by atoms with Crippen molar-refractivity contribution in [2.24, 2.45) is 0 Å². The first-order chi connectivity index (χ1) is 13.5. The average Bonchev–Trinajstić information content (AvgIpc) is 2.71. The number of carbonyl (C=O) groups is 1. The molecule has 2 aromatic carbocycles. The molecular formula is C24H31NO3. The van der Waals surface area contributed by atoms with Crippen molar-refractivity contribution in [3.05, 3.63) is 58.7 Å². The molecule has 2 N–H and O–H groups in total. The van der Waals surface area contributed by atoms with E-state index in [2.05, 4.69) is 19.2 Å². The third-order valence-electron chi connectivity index (χ3n) is 4.63. The number of benzene rings is 2. The Bertz CT molecular complexity index is 823. The average molecular weight is 382 g/mol. The SMILES string of the molecule is CCCc1cc(CCC)c(OCC)c(/C=C/C(=O)c2ccc(NC)cc2)c1O. The molecule has 2 aromatic rings. The van der Waals surface area contributed by atoms with Gasteiger partial charge >= 0.3 is 0 Å². The van der Waals surface area contributed by atoms with Crippen molar-refractivity contribution in [2.45, 2.75) is 46.5 Å². The predicted octanol–water partition coefficient (Wildman–Crippen LogP) is 5.63. The van der Waals surface area contributed by atoms with Crippen molar-refractivity contribution in [2.75, 3.05) is 19.0 Å². The third-order valence-corrected chi connectivity index (χ3v) is 4.63. The van der Waals surface area contributed by atoms with Crippen molar-refractivity contribution < 1.29 is 14.6 Å². The number of anilines is 1. The van der Waals surface area contributed by atoms with Gasteiger partial charge in [-0.1, -0.05) is 26.7 Å². The molecule has 28 heavy (non-hydrogen) atoms. The van der Waals surface area contributed by atoms with E-state index in [1.807, 2.05) is 32.2 Å². The van der Waals surface area contributed by atoms with E-state index in [0.717, 1.165) is 42.5 Å². The van der Waals surface area contributed by atoms with E-state index in [1.165, 1.54) is 6.08 Å². The van der Waals surface area contributed by atoms with Crippen molar-refractivity contribution in [1.29, 1.82) is 0 Å². The van der Waals surface area contributed by atoms with Crippen LogP contribution in [-0.4, -0.2) is 24.5 Å². The number of phenolic OH excluding ortho intramolecular Hbond substituents is 1. The first kappa shape index (κ1) is 21.5. The van der Waals surface area contributed by atoms with Gasteiger partial charge in [-0.15, -0.1) is 0 Å². The zero-order chi connectivity index (χ0) is 20.5. The van der Waals surface area contributed by atoms with Gasteiger partial charge in [-0.3, -0.25) is 4.79 Å². The van der Waals surface area contributed by atoms with Crippen LogP contribution in [0.25, 0.3) is 6.08 Å². The molecule has 0 aromatic heterocycles. The summed E-state index contributed by atoms with van der Waals surface area (Å²) in [5, 5.41) is 13.9. The molecular weight excluding hydrogens is 350 g/mol. The Balaban J connectivity index is 2.45. The molecule has 0 radical (unpaired) electrons. The van der Waals surface area contributed by atoms with E-state index < -0.39 is 0 Å². The van der Waals surface area contributed by atoms with Crippen LogP contribution in [0.15, 0.2) is 36.4 Å². The molecule has 0 aliphatic rings. The van der Waals surface area contributed by atoms with Crippen LogP contribution in [0, 0.1) is 0 Å². The summed E-state index contributed by atoms with van der Waals surface area (Å²) in [7, 11) is 1.84. The number of allylic oxidation sites excluding steroid dienone is 1. The molecule has 2 rings (SSSR count). The van der Waals surface area contributed by atoms with Crippen molar-refractivity contribution in [3.63, 3.8) is 0 Å². The number of rotatable bonds is 10. The molecule has 0 aliphatic carbocycles. The van der Waals surface area contributed by atoms with Crippen molar-refractivity contribution >= 4 is 17.5 Å². The number of nitrogens with one attached hydrogen (secondary N) is 1. The van der Waals surface area contributed by atoms with Gasteiger partial charge in [0.2, 0.25) is 0 Å². The topological polar surface area (TPSA) is 58.6 Å². The summed E-state index contributed by atoms with van der Waals surface area (Å²) in [5.74, 6) is 0.776. The second-order valence-corrected chi connectivity index (χ2v) is 6.74. The molecule has 4 heteroatoms. The molecule has 4 nitrogen and oxygen atoms in total. The largest absolute Gasteiger partial charge is 0.507 e. The Labute approximate surface area is 168 Å². The quantitative estimate of drug-likeness (QED) is 0.413. The fourth-order valence-corrected chi connectivity index (χ4v) is 3.24. The van der Waals surface area contributed by atoms with Gasteiger partial charge in [0.25, 0.3) is 0 Å². The van der Waals surface area contributed by atoms with Gasteiger partial charge < -0.3 is 15.2 Å². The normalized spacial score (nSPS) is 11.0. The second-order valence-electron chi connectivity index (χ2n) is 6.74. The smallest absolute Gasteiger partial charge is 0.185 e. The van der Waals surface area contributed by atoms with Crippen molar-refractivity contribution in [1.82, 2.24) is 0 Å². The van der Waals surface area contributed by atoms with E-state index >= 15 is 0 Å². The van der Waals surface area contributed by atoms with E-state index in [4.69, 9.17) is 4.74 Å². The summed E-state index contributed by atoms with van der Waals surface area (Å²) >= 11 is 0. The maximum atomic E-state index is 12.6. The minimum absolute atomic E-state index is 0.109. The van der Waals surface area contributed by atoms with Gasteiger partial charge in [-0.25, -0.2) is 0 Å². The molecule has 0 saturated heterocycles. The Hall–Kier alpha value is -2.75. The molecule has 0 spiro atoms. The van der Waals surface area contributed by atoms with Crippen LogP contribution < -0.4 is 10.1 Å². The molecule has 0 aliphatic heterocycles. The molecule has 0 unspecified atom stereocenters. The van der Waals surface area contributed by atoms with E-state index in [0.29, 0.717) is 23.5 Å². The maximum absolute atomic E-state index is 12.6. The van der Waals surface area contributed by atoms with Gasteiger partial charge in [0.15, 0.2) is 5.78 Å². The van der Waals surface area contributed by atoms with Crippen LogP contribution >= 0.6 is 0 Å². The van der Waals surface area contributed by atoms with E-state index in [1.54, 1.807) is 18.2 Å². The lowest BCUT2D eigenvalue weighted by atomic mass is 9.96. The minimum Gasteiger partial charge on any atom is -0.507 e. The summed E-state index contributed by atoms with van der Waals surface area (Å²) in [6.45, 7) is 6.64. The van der Waals surface area contributed by atoms with Crippen LogP contribution in [0.4, 0.5) is 5.69 Å². The van der Waals surface area contributed by atoms with Gasteiger partial charge in [0, 0.05) is 18.3 Å². The summed E-state index contributed by atoms with van der Waals surface area (Å²) in [6.07, 6.45) is 6.77. The summed E-state index contributed by atoms with van der Waals surface area (Å²) in [5.41, 5.74) is 4.13. The number of hydrogen-bond acceptors (Lipinski definition) is 4. The number of aromatic hydroxyl groups is 1. The molecule has 0 bridgehead atoms. The van der Waals surface area contributed by atoms with Crippen LogP contribution in [-0.2, 0) is 12.8 Å². The number of carbonyl (C=O) groups excluding carboxylic acids is 1. The van der Waals surface area contributed by atoms with Crippen molar-refractivity contribution in [3.8, 4) is 11.5 Å². The Morgan fingerprint density at radius 2 is 1.71 bits per heavy atom. The molecule has 0 atom stereocenters. The number of aryl methyl sites for hydroxylation is 2. The van der Waals surface area contributed by atoms with E-state index in [9.17, 15) is 9.90 Å². The lowest BCUT2D eigenvalue weighted by Crippen LogP contribution is -2.02. The Morgan fingerprint density at radius 3 is 2.29 bits per heavy atom. The lowest BCUT2D eigenvalue weighted by Gasteiger charge is -2.17. The van der Waals surface area contributed by atoms with Crippen LogP contribution in [0.3, 0.4) is 0 Å². The third kappa shape index (κ3) is 5.16. The van der Waals surface area contributed by atoms with Crippen LogP contribution in [0.5, 0.6) is 11.5 Å². The number of ketones is 1. The molecule has 150 valence electrons. The standard InChI is InChI=1S/C24H31NO3/c1-5-8-18-16-19(9-6-2)24(28-7-3)21(23(18)27)14-15-22(26)17-10-12-20(25-4)13-11-17/h10-16,25,27H,5-9H2,1-4H3/b15-14+. The summed E-state index contributed by atoms with van der Waals surface area (Å²) < 4.78 is 5.87. The summed E-state index contributed by atoms with van der Waals surface area (Å²) in [6, 6.07) is 9.36. The molecule has 0 heterocycles. The monoisotopic (exact) mass is 381 g/mol. The van der Waals surface area contributed by atoms with Gasteiger partial charge in [0.05, 0.1) is 12.2 Å². The Morgan fingerprint density at radius 1 is 1.07 bits per heavy atom. The number of ether oxygens (including phenoxy) is 1. The molecule has 0 amide bonds. The van der Waals surface area contributed by atoms with Gasteiger partial charge in [-0.2, -0.15) is 0 Å². The van der Waals surface area contributed by atoms with Gasteiger partial charge in [0.1, 0.15) is 11.5 Å². The predicted molar refractivity (Wildman–Crippen MR) is 117 cm³/mol. The fraction of sp³-hybridized carbons (Fsp3) is 0.375. The number of hydrogen-bond donors (Lipinski definition) is 2. The number of phenols is 1. The maximum Gasteiger partial charge on any atom is 0.185 e. The van der Waals surface area contributed by atoms with Crippen LogP contribution in [0.1, 0.15) is 60.7 Å². The zero-order valence-corrected chi connectivity index (χ0v) is 17.3. The summed E-state index contributed by atoms with van der Waals surface area (Å²) in [4.78, 5) is 12.6. The van der Waals surface area contributed by atoms with Gasteiger partial charge in [-0.05, 0) is 73.4 Å². The molecule has 0 saturated carbocycles. The highest BCUT2D eigenvalue weighted by molar-refractivity contribution is 6.07. The minimum atomic E-state index is -0.109. The highest BCUT2D eigenvalue weighted by Crippen LogP contribution is 2.37. The first-order valence-corrected chi connectivity index (χ1v) is 10.1. The highest BCUT2D eigenvalue weighted by atomic mass is 16.5. The van der Waals surface area contributed by atoms with E-state index in [-0.39, 0.29) is 11.5 Å². The highest BCUT2D eigenvalue weighted by Gasteiger charge is 2.17. The lowest BCUT2D eigenvalue weighted by molar-refractivity contribution is 0.104. The zero-order valence-electron chi connectivity index (χ0n) is 17.3. The first-order valence-electron chi connectivity index (χ1n) is 10.1. The van der Waals surface area contributed by atoms with Crippen LogP contribution in [0.2, 0.25) is 0 Å². The Kier molecular flexibility index (Phi) is 8.12. The second kappa shape index (κ2) is 10.5. The molecule has 0 fully saturated rings.